The second-order valence-corrected chi connectivity index (χ2v) is 7.92. The second kappa shape index (κ2) is 9.64. The van der Waals surface area contributed by atoms with E-state index in [1.54, 1.807) is 0 Å². The van der Waals surface area contributed by atoms with Crippen molar-refractivity contribution in [3.05, 3.63) is 65.9 Å². The van der Waals surface area contributed by atoms with Gasteiger partial charge in [0.2, 0.25) is 5.95 Å². The zero-order chi connectivity index (χ0) is 22.5. The third kappa shape index (κ3) is 4.96. The topological polar surface area (TPSA) is 108 Å². The number of amides is 2. The predicted octanol–water partition coefficient (Wildman–Crippen LogP) is 4.49. The normalized spacial score (nSPS) is 18.2. The van der Waals surface area contributed by atoms with Crippen molar-refractivity contribution in [2.75, 3.05) is 4.90 Å². The van der Waals surface area contributed by atoms with E-state index < -0.39 is 12.2 Å². The minimum atomic E-state index is -0.813. The maximum Gasteiger partial charge on any atom is 0.417 e. The van der Waals surface area contributed by atoms with Crippen molar-refractivity contribution in [1.29, 1.82) is 0 Å². The number of nitrogens with two attached hydrogens (primary N) is 1. The Hall–Kier alpha value is -3.68. The van der Waals surface area contributed by atoms with E-state index in [1.165, 1.54) is 4.90 Å². The number of ether oxygens (including phenoxy) is 2. The third-order valence-electron chi connectivity index (χ3n) is 5.65. The molecule has 8 heteroatoms. The lowest BCUT2D eigenvalue weighted by Gasteiger charge is -2.35. The van der Waals surface area contributed by atoms with Gasteiger partial charge >= 0.3 is 12.2 Å². The molecule has 1 aromatic heterocycles. The quantitative estimate of drug-likeness (QED) is 0.634. The number of hydrogen-bond acceptors (Lipinski definition) is 6. The number of primary amides is 1. The molecule has 2 aromatic carbocycles. The van der Waals surface area contributed by atoms with Crippen molar-refractivity contribution in [1.82, 2.24) is 9.97 Å². The summed E-state index contributed by atoms with van der Waals surface area (Å²) in [5, 5.41) is 0.924. The van der Waals surface area contributed by atoms with Gasteiger partial charge in [-0.1, -0.05) is 48.5 Å². The van der Waals surface area contributed by atoms with E-state index in [0.29, 0.717) is 19.3 Å². The van der Waals surface area contributed by atoms with Crippen molar-refractivity contribution in [3.63, 3.8) is 0 Å². The Bertz CT molecular complexity index is 1110. The molecule has 1 aliphatic carbocycles. The minimum absolute atomic E-state index is 0.136. The Labute approximate surface area is 186 Å². The molecular weight excluding hydrogens is 408 g/mol. The fourth-order valence-corrected chi connectivity index (χ4v) is 4.14. The maximum absolute atomic E-state index is 13.3. The summed E-state index contributed by atoms with van der Waals surface area (Å²) >= 11 is 0. The molecule has 2 unspecified atom stereocenters. The minimum Gasteiger partial charge on any atom is -0.446 e. The molecule has 0 saturated heterocycles. The molecule has 2 atom stereocenters. The molecule has 0 radical (unpaired) electrons. The molecular formula is C24H26N4O4. The number of carbonyl (C=O) groups is 2. The van der Waals surface area contributed by atoms with E-state index >= 15 is 0 Å². The molecule has 4 rings (SSSR count). The lowest BCUT2D eigenvalue weighted by Crippen LogP contribution is -2.46. The van der Waals surface area contributed by atoms with Crippen LogP contribution in [-0.2, 0) is 16.1 Å². The second-order valence-electron chi connectivity index (χ2n) is 7.92. The van der Waals surface area contributed by atoms with Gasteiger partial charge in [0, 0.05) is 17.8 Å². The van der Waals surface area contributed by atoms with Crippen molar-refractivity contribution in [2.24, 2.45) is 5.73 Å². The molecule has 1 heterocycles. The Morgan fingerprint density at radius 3 is 2.59 bits per heavy atom. The standard InChI is InChI=1S/C24H26N4O4/c1-16-20-12-5-6-13-21(20)27-23(26-16)28(18-10-7-11-19(14-18)32-22(25)29)24(30)31-15-17-8-3-2-4-9-17/h2-6,8-9,12-13,18-19H,7,10-11,14-15H2,1H3,(H2,25,29). The van der Waals surface area contributed by atoms with E-state index in [4.69, 9.17) is 15.2 Å². The highest BCUT2D eigenvalue weighted by molar-refractivity contribution is 5.89. The van der Waals surface area contributed by atoms with Crippen molar-refractivity contribution < 1.29 is 19.1 Å². The first-order chi connectivity index (χ1) is 15.5. The number of fused-ring (bicyclic) bond motifs is 1. The first kappa shape index (κ1) is 21.5. The molecule has 0 aliphatic heterocycles. The predicted molar refractivity (Wildman–Crippen MR) is 120 cm³/mol. The van der Waals surface area contributed by atoms with Crippen LogP contribution >= 0.6 is 0 Å². The average Bonchev–Trinajstić information content (AvgIpc) is 2.78. The molecule has 8 nitrogen and oxygen atoms in total. The zero-order valence-electron chi connectivity index (χ0n) is 17.9. The van der Waals surface area contributed by atoms with Crippen LogP contribution in [0.5, 0.6) is 0 Å². The van der Waals surface area contributed by atoms with E-state index in [-0.39, 0.29) is 24.7 Å². The Morgan fingerprint density at radius 1 is 1.06 bits per heavy atom. The van der Waals surface area contributed by atoms with Gasteiger partial charge in [-0.05, 0) is 37.8 Å². The third-order valence-corrected chi connectivity index (χ3v) is 5.65. The molecule has 2 amide bonds. The largest absolute Gasteiger partial charge is 0.446 e. The molecule has 1 aliphatic rings. The van der Waals surface area contributed by atoms with Crippen LogP contribution in [0.1, 0.15) is 36.9 Å². The van der Waals surface area contributed by atoms with Crippen LogP contribution in [-0.4, -0.2) is 34.3 Å². The summed E-state index contributed by atoms with van der Waals surface area (Å²) < 4.78 is 10.9. The van der Waals surface area contributed by atoms with E-state index in [0.717, 1.165) is 28.6 Å². The molecule has 2 N–H and O–H groups in total. The molecule has 1 fully saturated rings. The van der Waals surface area contributed by atoms with Crippen molar-refractivity contribution >= 4 is 29.0 Å². The summed E-state index contributed by atoms with van der Waals surface area (Å²) in [5.74, 6) is 0.281. The van der Waals surface area contributed by atoms with Crippen LogP contribution in [0.2, 0.25) is 0 Å². The number of carbonyl (C=O) groups excluding carboxylic acids is 2. The van der Waals surface area contributed by atoms with E-state index in [2.05, 4.69) is 9.97 Å². The number of rotatable bonds is 5. The SMILES string of the molecule is Cc1nc(N(C(=O)OCc2ccccc2)C2CCCC(OC(N)=O)C2)nc2ccccc12. The summed E-state index contributed by atoms with van der Waals surface area (Å²) in [6.07, 6.45) is 0.922. The van der Waals surface area contributed by atoms with Crippen molar-refractivity contribution in [3.8, 4) is 0 Å². The molecule has 3 aromatic rings. The zero-order valence-corrected chi connectivity index (χ0v) is 17.9. The number of para-hydroxylation sites is 1. The summed E-state index contributed by atoms with van der Waals surface area (Å²) in [6.45, 7) is 2.03. The number of benzene rings is 2. The lowest BCUT2D eigenvalue weighted by molar-refractivity contribution is 0.0747. The van der Waals surface area contributed by atoms with E-state index in [1.807, 2.05) is 61.5 Å². The number of nitrogens with zero attached hydrogens (tertiary/aromatic N) is 3. The lowest BCUT2D eigenvalue weighted by atomic mass is 9.92. The van der Waals surface area contributed by atoms with Gasteiger partial charge in [-0.2, -0.15) is 0 Å². The number of anilines is 1. The van der Waals surface area contributed by atoms with Crippen LogP contribution in [0.4, 0.5) is 15.5 Å². The maximum atomic E-state index is 13.3. The highest BCUT2D eigenvalue weighted by atomic mass is 16.6. The van der Waals surface area contributed by atoms with Gasteiger partial charge in [-0.3, -0.25) is 0 Å². The smallest absolute Gasteiger partial charge is 0.417 e. The Morgan fingerprint density at radius 2 is 1.81 bits per heavy atom. The summed E-state index contributed by atoms with van der Waals surface area (Å²) in [5.41, 5.74) is 7.62. The highest BCUT2D eigenvalue weighted by Crippen LogP contribution is 2.30. The molecule has 32 heavy (non-hydrogen) atoms. The van der Waals surface area contributed by atoms with E-state index in [9.17, 15) is 9.59 Å². The fraction of sp³-hybridized carbons (Fsp3) is 0.333. The summed E-state index contributed by atoms with van der Waals surface area (Å²) in [6, 6.07) is 16.9. The van der Waals surface area contributed by atoms with Crippen LogP contribution in [0, 0.1) is 6.92 Å². The summed E-state index contributed by atoms with van der Waals surface area (Å²) in [4.78, 5) is 35.3. The van der Waals surface area contributed by atoms with Gasteiger partial charge in [0.25, 0.3) is 0 Å². The molecule has 0 bridgehead atoms. The van der Waals surface area contributed by atoms with Crippen LogP contribution < -0.4 is 10.6 Å². The first-order valence-electron chi connectivity index (χ1n) is 10.7. The van der Waals surface area contributed by atoms with Crippen LogP contribution in [0.15, 0.2) is 54.6 Å². The van der Waals surface area contributed by atoms with Gasteiger partial charge in [-0.25, -0.2) is 24.5 Å². The monoisotopic (exact) mass is 434 g/mol. The average molecular weight is 434 g/mol. The fourth-order valence-electron chi connectivity index (χ4n) is 4.14. The van der Waals surface area contributed by atoms with Gasteiger partial charge in [-0.15, -0.1) is 0 Å². The molecule has 166 valence electrons. The summed E-state index contributed by atoms with van der Waals surface area (Å²) in [7, 11) is 0. The number of hydrogen-bond donors (Lipinski definition) is 1. The van der Waals surface area contributed by atoms with Gasteiger partial charge in [0.1, 0.15) is 12.7 Å². The van der Waals surface area contributed by atoms with Gasteiger partial charge < -0.3 is 15.2 Å². The first-order valence-corrected chi connectivity index (χ1v) is 10.7. The molecule has 1 saturated carbocycles. The Balaban J connectivity index is 1.64. The van der Waals surface area contributed by atoms with Gasteiger partial charge in [0.15, 0.2) is 0 Å². The number of aryl methyl sites for hydroxylation is 1. The number of aromatic nitrogens is 2. The van der Waals surface area contributed by atoms with Crippen LogP contribution in [0.25, 0.3) is 10.9 Å². The molecule has 0 spiro atoms. The Kier molecular flexibility index (Phi) is 6.49. The van der Waals surface area contributed by atoms with Crippen LogP contribution in [0.3, 0.4) is 0 Å². The highest BCUT2D eigenvalue weighted by Gasteiger charge is 2.35. The van der Waals surface area contributed by atoms with Crippen molar-refractivity contribution in [2.45, 2.75) is 51.4 Å². The van der Waals surface area contributed by atoms with Gasteiger partial charge in [0.05, 0.1) is 11.2 Å².